The van der Waals surface area contributed by atoms with Gasteiger partial charge in [0, 0.05) is 16.3 Å². The summed E-state index contributed by atoms with van der Waals surface area (Å²) in [7, 11) is 0. The molecule has 0 spiro atoms. The molecular weight excluding hydrogens is 250 g/mol. The predicted molar refractivity (Wildman–Crippen MR) is 81.2 cm³/mol. The van der Waals surface area contributed by atoms with Crippen LogP contribution in [0.2, 0.25) is 0 Å². The molecule has 1 heterocycles. The van der Waals surface area contributed by atoms with Crippen molar-refractivity contribution in [2.24, 2.45) is 0 Å². The molecule has 0 fully saturated rings. The van der Waals surface area contributed by atoms with E-state index in [1.807, 2.05) is 12.1 Å². The number of rotatable bonds is 1. The molecule has 98 valence electrons. The van der Waals surface area contributed by atoms with Gasteiger partial charge < -0.3 is 0 Å². The molecule has 3 aromatic rings. The molecule has 0 saturated heterocycles. The molecule has 3 nitrogen and oxygen atoms in total. The zero-order chi connectivity index (χ0) is 14.3. The van der Waals surface area contributed by atoms with E-state index in [2.05, 4.69) is 6.58 Å². The van der Waals surface area contributed by atoms with E-state index in [-0.39, 0.29) is 11.3 Å². The summed E-state index contributed by atoms with van der Waals surface area (Å²) in [4.78, 5) is 24.9. The van der Waals surface area contributed by atoms with Crippen molar-refractivity contribution in [3.63, 3.8) is 0 Å². The number of allylic oxidation sites excluding steroid dienone is 1. The second-order valence-electron chi connectivity index (χ2n) is 4.78. The number of hydrogen-bond acceptors (Lipinski definition) is 2. The van der Waals surface area contributed by atoms with Gasteiger partial charge in [-0.3, -0.25) is 14.2 Å². The predicted octanol–water partition coefficient (Wildman–Crippen LogP) is 3.37. The number of benzene rings is 2. The highest BCUT2D eigenvalue weighted by molar-refractivity contribution is 6.07. The minimum absolute atomic E-state index is 0.0537. The largest absolute Gasteiger partial charge is 0.288 e. The Morgan fingerprint density at radius 2 is 1.40 bits per heavy atom. The zero-order valence-corrected chi connectivity index (χ0v) is 11.1. The quantitative estimate of drug-likeness (QED) is 0.499. The van der Waals surface area contributed by atoms with Crippen LogP contribution in [0, 0.1) is 0 Å². The summed E-state index contributed by atoms with van der Waals surface area (Å²) in [6, 6.07) is 14.3. The van der Waals surface area contributed by atoms with Gasteiger partial charge >= 0.3 is 0 Å². The van der Waals surface area contributed by atoms with Gasteiger partial charge in [-0.05, 0) is 31.2 Å². The fourth-order valence-corrected chi connectivity index (χ4v) is 2.41. The Bertz CT molecular complexity index is 859. The van der Waals surface area contributed by atoms with Gasteiger partial charge in [-0.2, -0.15) is 0 Å². The van der Waals surface area contributed by atoms with Gasteiger partial charge in [0.1, 0.15) is 0 Å². The Hall–Kier alpha value is -2.68. The van der Waals surface area contributed by atoms with Crippen molar-refractivity contribution in [2.75, 3.05) is 0 Å². The van der Waals surface area contributed by atoms with Crippen LogP contribution in [0.15, 0.2) is 65.5 Å². The number of para-hydroxylation sites is 2. The molecule has 0 aliphatic heterocycles. The average molecular weight is 263 g/mol. The lowest BCUT2D eigenvalue weighted by Crippen LogP contribution is -2.18. The van der Waals surface area contributed by atoms with Crippen LogP contribution in [0.25, 0.3) is 21.8 Å². The average Bonchev–Trinajstić information content (AvgIpc) is 2.47. The van der Waals surface area contributed by atoms with Gasteiger partial charge in [-0.1, -0.05) is 30.8 Å². The molecule has 0 radical (unpaired) electrons. The van der Waals surface area contributed by atoms with Gasteiger partial charge in [0.2, 0.25) is 0 Å². The standard InChI is InChI=1S/C17H13NO2/c1-11(2)17(20)18-14-9-5-3-7-12(14)16(19)13-8-4-6-10-15(13)18/h3-10H,1H2,2H3. The lowest BCUT2D eigenvalue weighted by Gasteiger charge is -2.13. The van der Waals surface area contributed by atoms with E-state index in [1.54, 1.807) is 47.9 Å². The highest BCUT2D eigenvalue weighted by Crippen LogP contribution is 2.20. The van der Waals surface area contributed by atoms with E-state index in [9.17, 15) is 9.59 Å². The molecule has 20 heavy (non-hydrogen) atoms. The van der Waals surface area contributed by atoms with Gasteiger partial charge in [0.15, 0.2) is 5.43 Å². The molecule has 0 unspecified atom stereocenters. The van der Waals surface area contributed by atoms with Crippen molar-refractivity contribution in [2.45, 2.75) is 6.92 Å². The normalized spacial score (nSPS) is 10.8. The number of aromatic nitrogens is 1. The van der Waals surface area contributed by atoms with Crippen molar-refractivity contribution in [1.82, 2.24) is 4.57 Å². The summed E-state index contributed by atoms with van der Waals surface area (Å²) in [6.45, 7) is 5.39. The fourth-order valence-electron chi connectivity index (χ4n) is 2.41. The smallest absolute Gasteiger partial charge is 0.257 e. The number of carbonyl (C=O) groups excluding carboxylic acids is 1. The summed E-state index contributed by atoms with van der Waals surface area (Å²) in [5, 5.41) is 1.08. The highest BCUT2D eigenvalue weighted by atomic mass is 16.2. The molecule has 0 aliphatic carbocycles. The second kappa shape index (κ2) is 4.46. The molecule has 0 atom stereocenters. The van der Waals surface area contributed by atoms with Crippen molar-refractivity contribution < 1.29 is 4.79 Å². The first kappa shape index (κ1) is 12.4. The molecule has 0 saturated carbocycles. The number of carbonyl (C=O) groups is 1. The minimum Gasteiger partial charge on any atom is -0.288 e. The first-order valence-corrected chi connectivity index (χ1v) is 6.34. The zero-order valence-electron chi connectivity index (χ0n) is 11.1. The minimum atomic E-state index is -0.197. The molecule has 0 N–H and O–H groups in total. The molecule has 3 heteroatoms. The molecule has 0 aliphatic rings. The third-order valence-corrected chi connectivity index (χ3v) is 3.35. The van der Waals surface area contributed by atoms with Crippen LogP contribution in [0.4, 0.5) is 0 Å². The first-order chi connectivity index (χ1) is 9.61. The fraction of sp³-hybridized carbons (Fsp3) is 0.0588. The van der Waals surface area contributed by atoms with Crippen LogP contribution in [0.1, 0.15) is 11.7 Å². The van der Waals surface area contributed by atoms with E-state index in [1.165, 1.54) is 0 Å². The summed E-state index contributed by atoms with van der Waals surface area (Å²) in [5.41, 5.74) is 1.61. The van der Waals surface area contributed by atoms with Crippen molar-refractivity contribution in [3.8, 4) is 0 Å². The highest BCUT2D eigenvalue weighted by Gasteiger charge is 2.15. The molecule has 2 aromatic carbocycles. The molecule has 3 rings (SSSR count). The maximum absolute atomic E-state index is 12.5. The number of nitrogens with zero attached hydrogens (tertiary/aromatic N) is 1. The summed E-state index contributed by atoms with van der Waals surface area (Å²) in [5.74, 6) is -0.197. The Kier molecular flexibility index (Phi) is 2.75. The number of fused-ring (bicyclic) bond motifs is 2. The van der Waals surface area contributed by atoms with Crippen molar-refractivity contribution >= 4 is 27.7 Å². The van der Waals surface area contributed by atoms with E-state index in [0.717, 1.165) is 0 Å². The van der Waals surface area contributed by atoms with E-state index >= 15 is 0 Å². The van der Waals surface area contributed by atoms with E-state index < -0.39 is 0 Å². The SMILES string of the molecule is C=C(C)C(=O)n1c2ccccc2c(=O)c2ccccc21. The van der Waals surface area contributed by atoms with Crippen LogP contribution in [-0.2, 0) is 0 Å². The van der Waals surface area contributed by atoms with Gasteiger partial charge in [0.25, 0.3) is 5.91 Å². The van der Waals surface area contributed by atoms with Crippen LogP contribution >= 0.6 is 0 Å². The Balaban J connectivity index is 2.64. The Morgan fingerprint density at radius 1 is 0.950 bits per heavy atom. The number of hydrogen-bond donors (Lipinski definition) is 0. The maximum Gasteiger partial charge on any atom is 0.257 e. The molecule has 1 aromatic heterocycles. The van der Waals surface area contributed by atoms with Gasteiger partial charge in [-0.25, -0.2) is 0 Å². The first-order valence-electron chi connectivity index (χ1n) is 6.34. The molecule has 0 bridgehead atoms. The Morgan fingerprint density at radius 3 is 1.85 bits per heavy atom. The van der Waals surface area contributed by atoms with Crippen LogP contribution in [0.3, 0.4) is 0 Å². The summed E-state index contributed by atoms with van der Waals surface area (Å²) in [6.07, 6.45) is 0. The number of pyridine rings is 1. The van der Waals surface area contributed by atoms with Crippen LogP contribution in [0.5, 0.6) is 0 Å². The lowest BCUT2D eigenvalue weighted by molar-refractivity contribution is 0.0965. The maximum atomic E-state index is 12.5. The van der Waals surface area contributed by atoms with Crippen molar-refractivity contribution in [1.29, 1.82) is 0 Å². The molecule has 0 amide bonds. The Labute approximate surface area is 115 Å². The van der Waals surface area contributed by atoms with Gasteiger partial charge in [0.05, 0.1) is 11.0 Å². The lowest BCUT2D eigenvalue weighted by atomic mass is 10.1. The summed E-state index contributed by atoms with van der Waals surface area (Å²) >= 11 is 0. The topological polar surface area (TPSA) is 39.1 Å². The van der Waals surface area contributed by atoms with E-state index in [4.69, 9.17) is 0 Å². The van der Waals surface area contributed by atoms with Gasteiger partial charge in [-0.15, -0.1) is 0 Å². The monoisotopic (exact) mass is 263 g/mol. The summed E-state index contributed by atoms with van der Waals surface area (Å²) < 4.78 is 1.56. The van der Waals surface area contributed by atoms with Crippen LogP contribution in [-0.4, -0.2) is 10.5 Å². The second-order valence-corrected chi connectivity index (χ2v) is 4.78. The third-order valence-electron chi connectivity index (χ3n) is 3.35. The molecular formula is C17H13NO2. The third kappa shape index (κ3) is 1.67. The van der Waals surface area contributed by atoms with E-state index in [0.29, 0.717) is 27.4 Å². The van der Waals surface area contributed by atoms with Crippen LogP contribution < -0.4 is 5.43 Å². The van der Waals surface area contributed by atoms with Crippen molar-refractivity contribution in [3.05, 3.63) is 70.9 Å².